The van der Waals surface area contributed by atoms with Crippen molar-refractivity contribution in [3.63, 3.8) is 0 Å². The SMILES string of the molecule is CC(C)CC(NC(=O)c1ccc(C(C)C)cc1)C(=O)N1CCC2C1C(=O)CN2S(=O)(=O)c1ccccn1. The van der Waals surface area contributed by atoms with Gasteiger partial charge in [-0.15, -0.1) is 0 Å². The smallest absolute Gasteiger partial charge is 0.261 e. The Morgan fingerprint density at radius 1 is 1.08 bits per heavy atom. The van der Waals surface area contributed by atoms with Crippen LogP contribution in [0.4, 0.5) is 0 Å². The van der Waals surface area contributed by atoms with Gasteiger partial charge in [0, 0.05) is 18.3 Å². The number of carbonyl (C=O) groups is 3. The van der Waals surface area contributed by atoms with Crippen LogP contribution in [0.15, 0.2) is 53.7 Å². The zero-order chi connectivity index (χ0) is 26.9. The topological polar surface area (TPSA) is 117 Å². The van der Waals surface area contributed by atoms with E-state index in [9.17, 15) is 22.8 Å². The molecule has 3 heterocycles. The van der Waals surface area contributed by atoms with Crippen molar-refractivity contribution in [2.45, 2.75) is 69.6 Å². The van der Waals surface area contributed by atoms with E-state index in [1.54, 1.807) is 24.3 Å². The van der Waals surface area contributed by atoms with E-state index >= 15 is 0 Å². The Bertz CT molecular complexity index is 1260. The quantitative estimate of drug-likeness (QED) is 0.565. The van der Waals surface area contributed by atoms with E-state index in [-0.39, 0.29) is 41.6 Å². The summed E-state index contributed by atoms with van der Waals surface area (Å²) < 4.78 is 27.6. The molecule has 0 aliphatic carbocycles. The summed E-state index contributed by atoms with van der Waals surface area (Å²) >= 11 is 0. The van der Waals surface area contributed by atoms with Gasteiger partial charge in [0.1, 0.15) is 12.1 Å². The number of nitrogens with one attached hydrogen (secondary N) is 1. The number of nitrogens with zero attached hydrogens (tertiary/aromatic N) is 3. The van der Waals surface area contributed by atoms with E-state index in [0.717, 1.165) is 5.56 Å². The third-order valence-corrected chi connectivity index (χ3v) is 8.81. The predicted molar refractivity (Wildman–Crippen MR) is 138 cm³/mol. The molecule has 2 aromatic rings. The molecule has 0 saturated carbocycles. The summed E-state index contributed by atoms with van der Waals surface area (Å²) in [6.45, 7) is 7.99. The lowest BCUT2D eigenvalue weighted by molar-refractivity contribution is -0.138. The fourth-order valence-electron chi connectivity index (χ4n) is 5.11. The highest BCUT2D eigenvalue weighted by molar-refractivity contribution is 7.89. The number of carbonyl (C=O) groups excluding carboxylic acids is 3. The molecule has 37 heavy (non-hydrogen) atoms. The average Bonchev–Trinajstić information content (AvgIpc) is 3.45. The summed E-state index contributed by atoms with van der Waals surface area (Å²) in [5, 5.41) is 2.75. The maximum Gasteiger partial charge on any atom is 0.261 e. The second-order valence-electron chi connectivity index (χ2n) is 10.4. The number of sulfonamides is 1. The molecule has 2 saturated heterocycles. The van der Waals surface area contributed by atoms with Gasteiger partial charge in [-0.1, -0.05) is 45.9 Å². The minimum atomic E-state index is -3.99. The number of benzene rings is 1. The van der Waals surface area contributed by atoms with Crippen molar-refractivity contribution in [3.05, 3.63) is 59.8 Å². The van der Waals surface area contributed by atoms with Gasteiger partial charge in [-0.25, -0.2) is 13.4 Å². The molecular formula is C27H34N4O5S. The normalized spacial score (nSPS) is 20.9. The first-order valence-corrected chi connectivity index (χ1v) is 14.1. The van der Waals surface area contributed by atoms with E-state index in [0.29, 0.717) is 24.3 Å². The second-order valence-corrected chi connectivity index (χ2v) is 12.3. The Balaban J connectivity index is 1.53. The molecule has 2 fully saturated rings. The zero-order valence-corrected chi connectivity index (χ0v) is 22.4. The molecule has 3 unspecified atom stereocenters. The first-order chi connectivity index (χ1) is 17.5. The molecule has 0 bridgehead atoms. The summed E-state index contributed by atoms with van der Waals surface area (Å²) in [5.74, 6) is -0.605. The van der Waals surface area contributed by atoms with Gasteiger partial charge in [0.05, 0.1) is 12.6 Å². The number of likely N-dealkylation sites (tertiary alicyclic amines) is 1. The van der Waals surface area contributed by atoms with Crippen LogP contribution < -0.4 is 5.32 Å². The fourth-order valence-corrected chi connectivity index (χ4v) is 6.67. The monoisotopic (exact) mass is 526 g/mol. The van der Waals surface area contributed by atoms with Crippen LogP contribution in [0, 0.1) is 5.92 Å². The predicted octanol–water partition coefficient (Wildman–Crippen LogP) is 2.59. The van der Waals surface area contributed by atoms with Crippen LogP contribution in [0.5, 0.6) is 0 Å². The average molecular weight is 527 g/mol. The number of rotatable bonds is 8. The summed E-state index contributed by atoms with van der Waals surface area (Å²) in [6.07, 6.45) is 2.13. The minimum absolute atomic E-state index is 0.108. The van der Waals surface area contributed by atoms with Crippen molar-refractivity contribution in [2.24, 2.45) is 5.92 Å². The van der Waals surface area contributed by atoms with Crippen LogP contribution in [0.1, 0.15) is 62.4 Å². The van der Waals surface area contributed by atoms with E-state index < -0.39 is 28.1 Å². The molecule has 4 rings (SSSR count). The Kier molecular flexibility index (Phi) is 7.80. The summed E-state index contributed by atoms with van der Waals surface area (Å²) in [6, 6.07) is 9.53. The van der Waals surface area contributed by atoms with Crippen molar-refractivity contribution >= 4 is 27.6 Å². The Labute approximate surface area is 218 Å². The zero-order valence-electron chi connectivity index (χ0n) is 21.6. The number of hydrogen-bond acceptors (Lipinski definition) is 6. The van der Waals surface area contributed by atoms with Crippen molar-refractivity contribution < 1.29 is 22.8 Å². The molecule has 1 aromatic heterocycles. The van der Waals surface area contributed by atoms with Crippen LogP contribution in [0.25, 0.3) is 0 Å². The molecule has 1 N–H and O–H groups in total. The molecule has 2 aliphatic heterocycles. The minimum Gasteiger partial charge on any atom is -0.340 e. The molecule has 2 aliphatic rings. The van der Waals surface area contributed by atoms with Crippen molar-refractivity contribution in [1.82, 2.24) is 19.5 Å². The van der Waals surface area contributed by atoms with Crippen LogP contribution in [0.2, 0.25) is 0 Å². The number of ketones is 1. The fraction of sp³-hybridized carbons (Fsp3) is 0.481. The molecule has 0 radical (unpaired) electrons. The third kappa shape index (κ3) is 5.45. The molecular weight excluding hydrogens is 492 g/mol. The number of Topliss-reactive ketones (excluding diaryl/α,β-unsaturated/α-hetero) is 1. The lowest BCUT2D eigenvalue weighted by atomic mass is 10.00. The first-order valence-electron chi connectivity index (χ1n) is 12.7. The largest absolute Gasteiger partial charge is 0.340 e. The molecule has 3 atom stereocenters. The Morgan fingerprint density at radius 2 is 1.78 bits per heavy atom. The molecule has 2 amide bonds. The van der Waals surface area contributed by atoms with Crippen molar-refractivity contribution in [3.8, 4) is 0 Å². The molecule has 10 heteroatoms. The summed E-state index contributed by atoms with van der Waals surface area (Å²) in [5.41, 5.74) is 1.56. The molecule has 198 valence electrons. The number of hydrogen-bond donors (Lipinski definition) is 1. The van der Waals surface area contributed by atoms with Gasteiger partial charge in [-0.2, -0.15) is 4.31 Å². The summed E-state index contributed by atoms with van der Waals surface area (Å²) in [4.78, 5) is 45.1. The van der Waals surface area contributed by atoms with E-state index in [4.69, 9.17) is 0 Å². The van der Waals surface area contributed by atoms with Crippen molar-refractivity contribution in [2.75, 3.05) is 13.1 Å². The summed E-state index contributed by atoms with van der Waals surface area (Å²) in [7, 11) is -3.99. The van der Waals surface area contributed by atoms with Crippen molar-refractivity contribution in [1.29, 1.82) is 0 Å². The Hall–Kier alpha value is -3.11. The highest BCUT2D eigenvalue weighted by atomic mass is 32.2. The lowest BCUT2D eigenvalue weighted by Gasteiger charge is -2.29. The van der Waals surface area contributed by atoms with Crippen LogP contribution in [-0.2, 0) is 19.6 Å². The number of aromatic nitrogens is 1. The van der Waals surface area contributed by atoms with Gasteiger partial charge < -0.3 is 10.2 Å². The third-order valence-electron chi connectivity index (χ3n) is 7.02. The second kappa shape index (κ2) is 10.7. The number of fused-ring (bicyclic) bond motifs is 1. The van der Waals surface area contributed by atoms with Crippen LogP contribution >= 0.6 is 0 Å². The van der Waals surface area contributed by atoms with Gasteiger partial charge in [0.25, 0.3) is 15.9 Å². The highest BCUT2D eigenvalue weighted by Crippen LogP contribution is 2.34. The molecule has 1 aromatic carbocycles. The van der Waals surface area contributed by atoms with Crippen LogP contribution in [-0.4, -0.2) is 71.4 Å². The van der Waals surface area contributed by atoms with Gasteiger partial charge in [0.2, 0.25) is 5.91 Å². The lowest BCUT2D eigenvalue weighted by Crippen LogP contribution is -2.53. The van der Waals surface area contributed by atoms with Gasteiger partial charge in [-0.05, 0) is 54.5 Å². The molecule has 0 spiro atoms. The standard InChI is InChI=1S/C27H34N4O5S/c1-17(2)15-21(29-26(33)20-10-8-19(9-11-20)18(3)4)27(34)30-14-12-22-25(30)23(32)16-31(22)37(35,36)24-7-5-6-13-28-24/h5-11,13,17-18,21-22,25H,12,14-16H2,1-4H3,(H,29,33). The van der Waals surface area contributed by atoms with E-state index in [1.807, 2.05) is 26.0 Å². The van der Waals surface area contributed by atoms with E-state index in [2.05, 4.69) is 24.1 Å². The van der Waals surface area contributed by atoms with Crippen LogP contribution in [0.3, 0.4) is 0 Å². The number of pyridine rings is 1. The Morgan fingerprint density at radius 3 is 2.38 bits per heavy atom. The molecule has 9 nitrogen and oxygen atoms in total. The number of amides is 2. The van der Waals surface area contributed by atoms with E-state index in [1.165, 1.54) is 21.5 Å². The highest BCUT2D eigenvalue weighted by Gasteiger charge is 2.54. The maximum absolute atomic E-state index is 13.7. The van der Waals surface area contributed by atoms with Gasteiger partial charge in [-0.3, -0.25) is 14.4 Å². The van der Waals surface area contributed by atoms with Gasteiger partial charge in [0.15, 0.2) is 10.8 Å². The first kappa shape index (κ1) is 26.9. The maximum atomic E-state index is 13.7. The van der Waals surface area contributed by atoms with Gasteiger partial charge >= 0.3 is 0 Å².